The van der Waals surface area contributed by atoms with Crippen molar-refractivity contribution in [1.82, 2.24) is 4.90 Å². The molecular formula is C21H26N2O2. The summed E-state index contributed by atoms with van der Waals surface area (Å²) in [6.45, 7) is 4.54. The lowest BCUT2D eigenvalue weighted by molar-refractivity contribution is -0.151. The van der Waals surface area contributed by atoms with Gasteiger partial charge in [0, 0.05) is 17.7 Å². The number of carbonyl (C=O) groups is 1. The van der Waals surface area contributed by atoms with Gasteiger partial charge in [-0.15, -0.1) is 0 Å². The Hall–Kier alpha value is -1.68. The first-order valence-corrected chi connectivity index (χ1v) is 9.61. The average Bonchev–Trinajstić information content (AvgIpc) is 3.18. The van der Waals surface area contributed by atoms with Crippen LogP contribution in [0, 0.1) is 10.8 Å². The number of hydrogen-bond acceptors (Lipinski definition) is 4. The first-order valence-electron chi connectivity index (χ1n) is 9.61. The van der Waals surface area contributed by atoms with E-state index < -0.39 is 5.41 Å². The van der Waals surface area contributed by atoms with Crippen molar-refractivity contribution in [3.05, 3.63) is 29.8 Å². The molecule has 1 saturated carbocycles. The van der Waals surface area contributed by atoms with Gasteiger partial charge in [0.05, 0.1) is 12.8 Å². The molecule has 4 atom stereocenters. The molecule has 3 fully saturated rings. The van der Waals surface area contributed by atoms with Crippen LogP contribution in [-0.4, -0.2) is 43.3 Å². The maximum atomic E-state index is 13.2. The largest absolute Gasteiger partial charge is 0.468 e. The van der Waals surface area contributed by atoms with Gasteiger partial charge in [-0.05, 0) is 62.2 Å². The molecule has 2 saturated heterocycles. The average molecular weight is 338 g/mol. The molecule has 0 bridgehead atoms. The molecule has 4 heteroatoms. The van der Waals surface area contributed by atoms with Crippen LogP contribution in [0.2, 0.25) is 0 Å². The second kappa shape index (κ2) is 4.94. The second-order valence-electron chi connectivity index (χ2n) is 8.39. The van der Waals surface area contributed by atoms with E-state index in [1.54, 1.807) is 0 Å². The van der Waals surface area contributed by atoms with Gasteiger partial charge in [0.25, 0.3) is 0 Å². The molecular weight excluding hydrogens is 312 g/mol. The van der Waals surface area contributed by atoms with E-state index in [2.05, 4.69) is 30.0 Å². The number of benzene rings is 1. The molecule has 3 aliphatic heterocycles. The van der Waals surface area contributed by atoms with Gasteiger partial charge in [0.15, 0.2) is 0 Å². The summed E-state index contributed by atoms with van der Waals surface area (Å²) in [7, 11) is 1.53. The number of ether oxygens (including phenoxy) is 1. The molecule has 1 aromatic carbocycles. The summed E-state index contributed by atoms with van der Waals surface area (Å²) in [5, 5.41) is 0. The minimum Gasteiger partial charge on any atom is -0.468 e. The lowest BCUT2D eigenvalue weighted by Gasteiger charge is -2.48. The molecule has 4 aliphatic rings. The summed E-state index contributed by atoms with van der Waals surface area (Å²) in [6, 6.07) is 8.89. The quantitative estimate of drug-likeness (QED) is 0.776. The Balaban J connectivity index is 1.84. The Labute approximate surface area is 149 Å². The Morgan fingerprint density at radius 1 is 1.32 bits per heavy atom. The minimum absolute atomic E-state index is 0.0881. The molecule has 25 heavy (non-hydrogen) atoms. The predicted octanol–water partition coefficient (Wildman–Crippen LogP) is 3.47. The van der Waals surface area contributed by atoms with E-state index in [0.717, 1.165) is 38.0 Å². The van der Waals surface area contributed by atoms with Crippen LogP contribution >= 0.6 is 0 Å². The highest BCUT2D eigenvalue weighted by atomic mass is 16.5. The van der Waals surface area contributed by atoms with Gasteiger partial charge in [-0.2, -0.15) is 0 Å². The fourth-order valence-electron chi connectivity index (χ4n) is 6.99. The Morgan fingerprint density at radius 2 is 2.16 bits per heavy atom. The van der Waals surface area contributed by atoms with Gasteiger partial charge < -0.3 is 4.74 Å². The first-order chi connectivity index (χ1) is 12.1. The van der Waals surface area contributed by atoms with E-state index in [1.807, 2.05) is 12.3 Å². The van der Waals surface area contributed by atoms with E-state index in [9.17, 15) is 4.79 Å². The maximum absolute atomic E-state index is 13.2. The molecule has 5 rings (SSSR count). The third-order valence-electron chi connectivity index (χ3n) is 7.81. The first kappa shape index (κ1) is 15.6. The third kappa shape index (κ3) is 1.58. The van der Waals surface area contributed by atoms with Gasteiger partial charge >= 0.3 is 5.97 Å². The van der Waals surface area contributed by atoms with Crippen LogP contribution in [0.3, 0.4) is 0 Å². The van der Waals surface area contributed by atoms with E-state index >= 15 is 0 Å². The molecule has 1 spiro atoms. The van der Waals surface area contributed by atoms with Crippen molar-refractivity contribution >= 4 is 17.9 Å². The highest BCUT2D eigenvalue weighted by Gasteiger charge is 2.76. The number of esters is 1. The Morgan fingerprint density at radius 3 is 2.96 bits per heavy atom. The smallest absolute Gasteiger partial charge is 0.318 e. The van der Waals surface area contributed by atoms with E-state index in [4.69, 9.17) is 9.73 Å². The second-order valence-corrected chi connectivity index (χ2v) is 8.39. The molecule has 0 aromatic heterocycles. The molecule has 1 aromatic rings. The predicted molar refractivity (Wildman–Crippen MR) is 97.3 cm³/mol. The summed E-state index contributed by atoms with van der Waals surface area (Å²) < 4.78 is 5.40. The number of methoxy groups -OCH3 is 1. The molecule has 0 unspecified atom stereocenters. The van der Waals surface area contributed by atoms with Crippen LogP contribution in [-0.2, 0) is 14.9 Å². The molecule has 3 heterocycles. The van der Waals surface area contributed by atoms with E-state index in [0.29, 0.717) is 6.04 Å². The van der Waals surface area contributed by atoms with Crippen molar-refractivity contribution < 1.29 is 9.53 Å². The number of carbonyl (C=O) groups excluding carboxylic acids is 1. The highest BCUT2D eigenvalue weighted by Crippen LogP contribution is 2.71. The van der Waals surface area contributed by atoms with Crippen molar-refractivity contribution in [3.8, 4) is 0 Å². The molecule has 0 N–H and O–H groups in total. The molecule has 0 radical (unpaired) electrons. The van der Waals surface area contributed by atoms with Gasteiger partial charge in [-0.1, -0.05) is 25.1 Å². The Bertz CT molecular complexity index is 775. The number of nitrogens with zero attached hydrogens (tertiary/aromatic N) is 2. The van der Waals surface area contributed by atoms with Gasteiger partial charge in [-0.25, -0.2) is 0 Å². The van der Waals surface area contributed by atoms with Crippen LogP contribution in [0.1, 0.15) is 44.6 Å². The summed E-state index contributed by atoms with van der Waals surface area (Å²) in [5.74, 6) is -0.0881. The number of para-hydroxylation sites is 1. The number of fused-ring (bicyclic) bond motifs is 1. The van der Waals surface area contributed by atoms with Crippen LogP contribution in [0.25, 0.3) is 0 Å². The number of rotatable bonds is 2. The third-order valence-corrected chi connectivity index (χ3v) is 7.81. The lowest BCUT2D eigenvalue weighted by atomic mass is 9.58. The zero-order valence-corrected chi connectivity index (χ0v) is 15.1. The molecule has 0 amide bonds. The van der Waals surface area contributed by atoms with E-state index in [1.165, 1.54) is 25.5 Å². The van der Waals surface area contributed by atoms with Crippen LogP contribution in [0.4, 0.5) is 5.69 Å². The Kier molecular flexibility index (Phi) is 3.08. The fraction of sp³-hybridized carbons (Fsp3) is 0.619. The normalized spacial score (nSPS) is 41.1. The topological polar surface area (TPSA) is 41.9 Å². The van der Waals surface area contributed by atoms with Crippen molar-refractivity contribution in [1.29, 1.82) is 0 Å². The van der Waals surface area contributed by atoms with Crippen molar-refractivity contribution in [2.24, 2.45) is 15.8 Å². The van der Waals surface area contributed by atoms with Gasteiger partial charge in [0.2, 0.25) is 0 Å². The van der Waals surface area contributed by atoms with Gasteiger partial charge in [-0.3, -0.25) is 14.7 Å². The molecule has 4 nitrogen and oxygen atoms in total. The molecule has 1 aliphatic carbocycles. The minimum atomic E-state index is -0.615. The zero-order valence-electron chi connectivity index (χ0n) is 15.1. The monoisotopic (exact) mass is 338 g/mol. The fourth-order valence-corrected chi connectivity index (χ4v) is 6.99. The number of aliphatic imine (C=N–C) groups is 1. The highest BCUT2D eigenvalue weighted by molar-refractivity contribution is 6.01. The van der Waals surface area contributed by atoms with Gasteiger partial charge in [0.1, 0.15) is 5.41 Å². The SMILES string of the molecule is CC[C@]12CCCN3CC[C@@]4(c5ccccc5N=C[C@]4(C(=O)OC)C1)[C@@H]32. The summed E-state index contributed by atoms with van der Waals surface area (Å²) >= 11 is 0. The maximum Gasteiger partial charge on any atom is 0.318 e. The van der Waals surface area contributed by atoms with Crippen molar-refractivity contribution in [2.75, 3.05) is 20.2 Å². The summed E-state index contributed by atoms with van der Waals surface area (Å²) in [5.41, 5.74) is 1.70. The summed E-state index contributed by atoms with van der Waals surface area (Å²) in [4.78, 5) is 20.7. The zero-order chi connectivity index (χ0) is 17.3. The van der Waals surface area contributed by atoms with E-state index in [-0.39, 0.29) is 16.8 Å². The standard InChI is InChI=1S/C21H26N2O2/c1-3-19-9-6-11-23-12-10-21(17(19)23)15-7-4-5-8-16(15)22-14-20(21,13-19)18(24)25-2/h4-5,7-8,14,17H,3,6,9-13H2,1-2H3/t17-,19-,20-,21+/m0/s1. The van der Waals surface area contributed by atoms with Crippen molar-refractivity contribution in [3.63, 3.8) is 0 Å². The number of piperidine rings is 1. The number of hydrogen-bond donors (Lipinski definition) is 0. The van der Waals surface area contributed by atoms with Crippen LogP contribution in [0.15, 0.2) is 29.3 Å². The summed E-state index contributed by atoms with van der Waals surface area (Å²) in [6.07, 6.45) is 7.43. The van der Waals surface area contributed by atoms with Crippen LogP contribution in [0.5, 0.6) is 0 Å². The molecule has 132 valence electrons. The van der Waals surface area contributed by atoms with Crippen LogP contribution < -0.4 is 0 Å². The van der Waals surface area contributed by atoms with Crippen molar-refractivity contribution in [2.45, 2.75) is 50.5 Å². The lowest BCUT2D eigenvalue weighted by Crippen LogP contribution is -2.56.